The lowest BCUT2D eigenvalue weighted by atomic mass is 10.2. The highest BCUT2D eigenvalue weighted by molar-refractivity contribution is 7.16. The van der Waals surface area contributed by atoms with Gasteiger partial charge in [0.15, 0.2) is 0 Å². The molecule has 0 atom stereocenters. The van der Waals surface area contributed by atoms with E-state index in [0.717, 1.165) is 11.3 Å². The van der Waals surface area contributed by atoms with Gasteiger partial charge in [-0.15, -0.1) is 11.3 Å². The first kappa shape index (κ1) is 8.94. The molecule has 0 aliphatic heterocycles. The molecule has 0 aliphatic rings. The third-order valence-corrected chi connectivity index (χ3v) is 2.72. The number of halogens is 3. The fourth-order valence-electron chi connectivity index (χ4n) is 0.685. The number of thiophene rings is 1. The molecule has 0 saturated heterocycles. The van der Waals surface area contributed by atoms with Gasteiger partial charge in [0.1, 0.15) is 0 Å². The molecule has 0 fully saturated rings. The van der Waals surface area contributed by atoms with Crippen molar-refractivity contribution in [1.29, 1.82) is 0 Å². The number of alkyl halides is 2. The number of hydrogen-bond donors (Lipinski definition) is 0. The fraction of sp³-hybridized carbons (Fsp3) is 0.429. The molecule has 11 heavy (non-hydrogen) atoms. The highest BCUT2D eigenvalue weighted by Crippen LogP contribution is 2.37. The Kier molecular flexibility index (Phi) is 2.50. The Morgan fingerprint density at radius 2 is 2.18 bits per heavy atom. The molecule has 4 heteroatoms. The molecular formula is C7H7ClF2S. The van der Waals surface area contributed by atoms with Crippen LogP contribution in [-0.2, 0) is 5.92 Å². The summed E-state index contributed by atoms with van der Waals surface area (Å²) in [5.74, 6) is -2.71. The van der Waals surface area contributed by atoms with E-state index in [9.17, 15) is 8.78 Å². The second kappa shape index (κ2) is 3.07. The summed E-state index contributed by atoms with van der Waals surface area (Å²) in [6, 6.07) is 2.86. The van der Waals surface area contributed by atoms with Crippen molar-refractivity contribution in [3.63, 3.8) is 0 Å². The van der Waals surface area contributed by atoms with Crippen LogP contribution in [0, 0.1) is 0 Å². The minimum absolute atomic E-state index is 0.0463. The van der Waals surface area contributed by atoms with E-state index in [0.29, 0.717) is 4.34 Å². The Balaban J connectivity index is 2.92. The smallest absolute Gasteiger partial charge is 0.200 e. The van der Waals surface area contributed by atoms with Crippen molar-refractivity contribution in [3.05, 3.63) is 21.3 Å². The average Bonchev–Trinajstić information content (AvgIpc) is 2.36. The zero-order valence-electron chi connectivity index (χ0n) is 5.90. The largest absolute Gasteiger partial charge is 0.282 e. The summed E-state index contributed by atoms with van der Waals surface area (Å²) in [6.45, 7) is 1.45. The Morgan fingerprint density at radius 3 is 2.55 bits per heavy atom. The fourth-order valence-corrected chi connectivity index (χ4v) is 1.77. The van der Waals surface area contributed by atoms with Crippen LogP contribution >= 0.6 is 22.9 Å². The van der Waals surface area contributed by atoms with Crippen molar-refractivity contribution in [2.45, 2.75) is 19.3 Å². The van der Waals surface area contributed by atoms with E-state index in [4.69, 9.17) is 11.6 Å². The summed E-state index contributed by atoms with van der Waals surface area (Å²) in [4.78, 5) is 0.0463. The van der Waals surface area contributed by atoms with Gasteiger partial charge in [-0.25, -0.2) is 8.78 Å². The van der Waals surface area contributed by atoms with Crippen LogP contribution in [-0.4, -0.2) is 0 Å². The molecule has 1 heterocycles. The Hall–Kier alpha value is -0.150. The Morgan fingerprint density at radius 1 is 1.55 bits per heavy atom. The van der Waals surface area contributed by atoms with Crippen molar-refractivity contribution in [2.24, 2.45) is 0 Å². The third kappa shape index (κ3) is 1.91. The summed E-state index contributed by atoms with van der Waals surface area (Å²) < 4.78 is 26.1. The first-order valence-corrected chi connectivity index (χ1v) is 4.39. The van der Waals surface area contributed by atoms with Crippen LogP contribution in [0.1, 0.15) is 18.2 Å². The second-order valence-corrected chi connectivity index (χ2v) is 3.88. The lowest BCUT2D eigenvalue weighted by molar-refractivity contribution is -0.00439. The molecule has 0 saturated carbocycles. The predicted molar refractivity (Wildman–Crippen MR) is 43.5 cm³/mol. The Labute approximate surface area is 72.8 Å². The third-order valence-electron chi connectivity index (χ3n) is 1.38. The van der Waals surface area contributed by atoms with Crippen molar-refractivity contribution < 1.29 is 8.78 Å². The first-order chi connectivity index (χ1) is 5.06. The standard InChI is InChI=1S/C7H7ClF2S/c1-2-7(9,10)5-3-4-6(8)11-5/h3-4H,2H2,1H3. The summed E-state index contributed by atoms with van der Waals surface area (Å²) in [5, 5.41) is 0. The maximum atomic E-state index is 12.9. The number of hydrogen-bond acceptors (Lipinski definition) is 1. The van der Waals surface area contributed by atoms with Gasteiger partial charge in [0.2, 0.25) is 0 Å². The second-order valence-electron chi connectivity index (χ2n) is 2.16. The zero-order chi connectivity index (χ0) is 8.48. The minimum Gasteiger partial charge on any atom is -0.200 e. The van der Waals surface area contributed by atoms with Gasteiger partial charge in [-0.2, -0.15) is 0 Å². The molecule has 1 aromatic heterocycles. The molecule has 0 amide bonds. The predicted octanol–water partition coefficient (Wildman–Crippen LogP) is 3.90. The van der Waals surface area contributed by atoms with E-state index < -0.39 is 5.92 Å². The summed E-state index contributed by atoms with van der Waals surface area (Å²) >= 11 is 6.44. The van der Waals surface area contributed by atoms with Crippen molar-refractivity contribution in [2.75, 3.05) is 0 Å². The van der Waals surface area contributed by atoms with E-state index in [1.165, 1.54) is 19.1 Å². The van der Waals surface area contributed by atoms with Crippen LogP contribution in [0.5, 0.6) is 0 Å². The van der Waals surface area contributed by atoms with Gasteiger partial charge in [0.05, 0.1) is 9.21 Å². The van der Waals surface area contributed by atoms with Crippen LogP contribution < -0.4 is 0 Å². The van der Waals surface area contributed by atoms with Crippen LogP contribution in [0.2, 0.25) is 4.34 Å². The van der Waals surface area contributed by atoms with E-state index in [1.54, 1.807) is 0 Å². The molecular weight excluding hydrogens is 190 g/mol. The molecule has 0 N–H and O–H groups in total. The first-order valence-electron chi connectivity index (χ1n) is 3.20. The molecule has 1 rings (SSSR count). The maximum absolute atomic E-state index is 12.9. The quantitative estimate of drug-likeness (QED) is 0.673. The molecule has 62 valence electrons. The highest BCUT2D eigenvalue weighted by atomic mass is 35.5. The molecule has 0 aromatic carbocycles. The van der Waals surface area contributed by atoms with Gasteiger partial charge < -0.3 is 0 Å². The lowest BCUT2D eigenvalue weighted by Crippen LogP contribution is -2.08. The average molecular weight is 197 g/mol. The summed E-state index contributed by atoms with van der Waals surface area (Å²) in [7, 11) is 0. The van der Waals surface area contributed by atoms with Crippen LogP contribution in [0.15, 0.2) is 12.1 Å². The van der Waals surface area contributed by atoms with Crippen molar-refractivity contribution >= 4 is 22.9 Å². The maximum Gasteiger partial charge on any atom is 0.282 e. The van der Waals surface area contributed by atoms with Crippen LogP contribution in [0.4, 0.5) is 8.78 Å². The van der Waals surface area contributed by atoms with E-state index in [2.05, 4.69) is 0 Å². The normalized spacial score (nSPS) is 12.0. The molecule has 0 spiro atoms. The lowest BCUT2D eigenvalue weighted by Gasteiger charge is -2.10. The zero-order valence-corrected chi connectivity index (χ0v) is 7.48. The molecule has 0 nitrogen and oxygen atoms in total. The molecule has 0 radical (unpaired) electrons. The highest BCUT2D eigenvalue weighted by Gasteiger charge is 2.30. The van der Waals surface area contributed by atoms with Gasteiger partial charge in [0, 0.05) is 6.42 Å². The molecule has 0 unspecified atom stereocenters. The van der Waals surface area contributed by atoms with Crippen LogP contribution in [0.3, 0.4) is 0 Å². The van der Waals surface area contributed by atoms with Gasteiger partial charge >= 0.3 is 0 Å². The van der Waals surface area contributed by atoms with Crippen molar-refractivity contribution in [3.8, 4) is 0 Å². The monoisotopic (exact) mass is 196 g/mol. The SMILES string of the molecule is CCC(F)(F)c1ccc(Cl)s1. The molecule has 1 aromatic rings. The molecule has 0 aliphatic carbocycles. The summed E-state index contributed by atoms with van der Waals surface area (Å²) in [5.41, 5.74) is 0. The van der Waals surface area contributed by atoms with E-state index in [1.807, 2.05) is 0 Å². The summed E-state index contributed by atoms with van der Waals surface area (Å²) in [6.07, 6.45) is -0.177. The van der Waals surface area contributed by atoms with Gasteiger partial charge in [0.25, 0.3) is 5.92 Å². The van der Waals surface area contributed by atoms with Gasteiger partial charge in [-0.1, -0.05) is 18.5 Å². The topological polar surface area (TPSA) is 0 Å². The number of rotatable bonds is 2. The van der Waals surface area contributed by atoms with Crippen molar-refractivity contribution in [1.82, 2.24) is 0 Å². The van der Waals surface area contributed by atoms with E-state index in [-0.39, 0.29) is 11.3 Å². The van der Waals surface area contributed by atoms with Crippen LogP contribution in [0.25, 0.3) is 0 Å². The van der Waals surface area contributed by atoms with E-state index >= 15 is 0 Å². The Bertz CT molecular complexity index is 244. The minimum atomic E-state index is -2.71. The van der Waals surface area contributed by atoms with Gasteiger partial charge in [-0.05, 0) is 12.1 Å². The molecule has 0 bridgehead atoms. The van der Waals surface area contributed by atoms with Gasteiger partial charge in [-0.3, -0.25) is 0 Å².